The normalized spacial score (nSPS) is 12.5. The summed E-state index contributed by atoms with van der Waals surface area (Å²) in [4.78, 5) is 11.9. The fourth-order valence-electron chi connectivity index (χ4n) is 3.06. The van der Waals surface area contributed by atoms with E-state index in [0.29, 0.717) is 11.7 Å². The topological polar surface area (TPSA) is 17.1 Å². The number of Topliss-reactive ketones (excluding diaryl/α,β-unsaturated/α-hetero) is 1. The number of rotatable bonds is 17. The smallest absolute Gasteiger partial charge is 0.135 e. The second-order valence-corrected chi connectivity index (χ2v) is 7.15. The summed E-state index contributed by atoms with van der Waals surface area (Å²) in [7, 11) is 0. The van der Waals surface area contributed by atoms with Gasteiger partial charge in [-0.2, -0.15) is 0 Å². The molecule has 0 rings (SSSR count). The van der Waals surface area contributed by atoms with Crippen LogP contribution in [0.1, 0.15) is 124 Å². The zero-order chi connectivity index (χ0) is 16.5. The van der Waals surface area contributed by atoms with Gasteiger partial charge in [0.05, 0.1) is 0 Å². The Balaban J connectivity index is 3.21. The Hall–Kier alpha value is -0.330. The van der Waals surface area contributed by atoms with Crippen LogP contribution in [0.4, 0.5) is 0 Å². The average Bonchev–Trinajstić information content (AvgIpc) is 2.53. The molecule has 0 aromatic rings. The predicted octanol–water partition coefficient (Wildman–Crippen LogP) is 7.47. The molecule has 0 aromatic heterocycles. The second kappa shape index (κ2) is 17.0. The average molecular weight is 311 g/mol. The standard InChI is InChI=1S/C21H42O/c1-4-6-8-9-10-11-12-13-14-15-16-17-19-21(22)20(3)18-7-5-2/h20H,4-19H2,1-3H3. The van der Waals surface area contributed by atoms with Gasteiger partial charge in [-0.05, 0) is 12.8 Å². The zero-order valence-corrected chi connectivity index (χ0v) is 15.8. The third-order valence-corrected chi connectivity index (χ3v) is 4.82. The summed E-state index contributed by atoms with van der Waals surface area (Å²) in [5, 5.41) is 0. The van der Waals surface area contributed by atoms with Crippen LogP contribution in [0.5, 0.6) is 0 Å². The van der Waals surface area contributed by atoms with Gasteiger partial charge in [0.25, 0.3) is 0 Å². The van der Waals surface area contributed by atoms with Crippen molar-refractivity contribution in [2.45, 2.75) is 124 Å². The maximum atomic E-state index is 11.9. The number of hydrogen-bond donors (Lipinski definition) is 0. The molecule has 132 valence electrons. The number of carbonyl (C=O) groups excluding carboxylic acids is 1. The molecule has 1 atom stereocenters. The van der Waals surface area contributed by atoms with Crippen molar-refractivity contribution in [1.82, 2.24) is 0 Å². The Morgan fingerprint density at radius 3 is 1.50 bits per heavy atom. The lowest BCUT2D eigenvalue weighted by atomic mass is 9.95. The van der Waals surface area contributed by atoms with Crippen molar-refractivity contribution in [1.29, 1.82) is 0 Å². The van der Waals surface area contributed by atoms with Gasteiger partial charge in [0.1, 0.15) is 5.78 Å². The van der Waals surface area contributed by atoms with E-state index in [1.807, 2.05) is 0 Å². The molecule has 1 nitrogen and oxygen atoms in total. The van der Waals surface area contributed by atoms with Crippen LogP contribution in [0, 0.1) is 5.92 Å². The highest BCUT2D eigenvalue weighted by Gasteiger charge is 2.11. The minimum absolute atomic E-state index is 0.299. The second-order valence-electron chi connectivity index (χ2n) is 7.15. The molecule has 0 heterocycles. The first-order valence-electron chi connectivity index (χ1n) is 10.2. The third-order valence-electron chi connectivity index (χ3n) is 4.82. The summed E-state index contributed by atoms with van der Waals surface area (Å²) in [6, 6.07) is 0. The van der Waals surface area contributed by atoms with E-state index in [0.717, 1.165) is 19.3 Å². The van der Waals surface area contributed by atoms with Gasteiger partial charge in [-0.3, -0.25) is 4.79 Å². The highest BCUT2D eigenvalue weighted by molar-refractivity contribution is 5.80. The molecule has 0 aliphatic rings. The van der Waals surface area contributed by atoms with Crippen molar-refractivity contribution in [3.63, 3.8) is 0 Å². The van der Waals surface area contributed by atoms with Crippen molar-refractivity contribution in [2.24, 2.45) is 5.92 Å². The monoisotopic (exact) mass is 310 g/mol. The first-order chi connectivity index (χ1) is 10.7. The molecule has 0 N–H and O–H groups in total. The fraction of sp³-hybridized carbons (Fsp3) is 0.952. The molecule has 1 unspecified atom stereocenters. The summed E-state index contributed by atoms with van der Waals surface area (Å²) in [5.41, 5.74) is 0. The summed E-state index contributed by atoms with van der Waals surface area (Å²) in [6.45, 7) is 6.58. The summed E-state index contributed by atoms with van der Waals surface area (Å²) in [5.74, 6) is 0.799. The molecular weight excluding hydrogens is 268 g/mol. The van der Waals surface area contributed by atoms with E-state index in [2.05, 4.69) is 20.8 Å². The Kier molecular flexibility index (Phi) is 16.8. The van der Waals surface area contributed by atoms with Gasteiger partial charge in [-0.25, -0.2) is 0 Å². The molecule has 0 radical (unpaired) electrons. The summed E-state index contributed by atoms with van der Waals surface area (Å²) in [6.07, 6.45) is 20.7. The molecule has 0 saturated carbocycles. The number of carbonyl (C=O) groups is 1. The molecule has 22 heavy (non-hydrogen) atoms. The van der Waals surface area contributed by atoms with Crippen LogP contribution in [-0.2, 0) is 4.79 Å². The van der Waals surface area contributed by atoms with Crippen LogP contribution in [-0.4, -0.2) is 5.78 Å². The van der Waals surface area contributed by atoms with Gasteiger partial charge >= 0.3 is 0 Å². The van der Waals surface area contributed by atoms with Gasteiger partial charge in [0.2, 0.25) is 0 Å². The van der Waals surface area contributed by atoms with Crippen LogP contribution in [0.25, 0.3) is 0 Å². The van der Waals surface area contributed by atoms with Crippen LogP contribution in [0.2, 0.25) is 0 Å². The van der Waals surface area contributed by atoms with Crippen molar-refractivity contribution in [3.05, 3.63) is 0 Å². The highest BCUT2D eigenvalue weighted by Crippen LogP contribution is 2.15. The fourth-order valence-corrected chi connectivity index (χ4v) is 3.06. The van der Waals surface area contributed by atoms with E-state index in [1.54, 1.807) is 0 Å². The first-order valence-corrected chi connectivity index (χ1v) is 10.2. The summed E-state index contributed by atoms with van der Waals surface area (Å²) >= 11 is 0. The lowest BCUT2D eigenvalue weighted by Crippen LogP contribution is -2.10. The number of hydrogen-bond acceptors (Lipinski definition) is 1. The maximum absolute atomic E-state index is 11.9. The van der Waals surface area contributed by atoms with Crippen molar-refractivity contribution in [3.8, 4) is 0 Å². The zero-order valence-electron chi connectivity index (χ0n) is 15.8. The van der Waals surface area contributed by atoms with Gasteiger partial charge in [-0.1, -0.05) is 104 Å². The Labute approximate surface area is 140 Å². The van der Waals surface area contributed by atoms with Gasteiger partial charge in [0.15, 0.2) is 0 Å². The van der Waals surface area contributed by atoms with Crippen LogP contribution >= 0.6 is 0 Å². The van der Waals surface area contributed by atoms with Gasteiger partial charge < -0.3 is 0 Å². The van der Waals surface area contributed by atoms with Crippen molar-refractivity contribution >= 4 is 5.78 Å². The van der Waals surface area contributed by atoms with E-state index in [1.165, 1.54) is 83.5 Å². The molecule has 0 spiro atoms. The Morgan fingerprint density at radius 1 is 0.636 bits per heavy atom. The third kappa shape index (κ3) is 14.6. The Morgan fingerprint density at radius 2 is 1.05 bits per heavy atom. The number of ketones is 1. The van der Waals surface area contributed by atoms with Crippen LogP contribution in [0.3, 0.4) is 0 Å². The molecular formula is C21H42O. The molecule has 0 fully saturated rings. The van der Waals surface area contributed by atoms with E-state index in [4.69, 9.17) is 0 Å². The van der Waals surface area contributed by atoms with Crippen molar-refractivity contribution < 1.29 is 4.79 Å². The largest absolute Gasteiger partial charge is 0.299 e. The lowest BCUT2D eigenvalue weighted by molar-refractivity contribution is -0.122. The SMILES string of the molecule is CCCCCCCCCCCCCCC(=O)C(C)CCCC. The molecule has 0 aliphatic heterocycles. The lowest BCUT2D eigenvalue weighted by Gasteiger charge is -2.09. The van der Waals surface area contributed by atoms with Gasteiger partial charge in [0, 0.05) is 12.3 Å². The van der Waals surface area contributed by atoms with E-state index >= 15 is 0 Å². The quantitative estimate of drug-likeness (QED) is 0.255. The highest BCUT2D eigenvalue weighted by atomic mass is 16.1. The molecule has 0 aliphatic carbocycles. The summed E-state index contributed by atoms with van der Waals surface area (Å²) < 4.78 is 0. The minimum Gasteiger partial charge on any atom is -0.299 e. The molecule has 0 aromatic carbocycles. The number of unbranched alkanes of at least 4 members (excludes halogenated alkanes) is 12. The van der Waals surface area contributed by atoms with Crippen LogP contribution < -0.4 is 0 Å². The molecule has 0 bridgehead atoms. The predicted molar refractivity (Wildman–Crippen MR) is 99.4 cm³/mol. The van der Waals surface area contributed by atoms with Crippen LogP contribution in [0.15, 0.2) is 0 Å². The van der Waals surface area contributed by atoms with E-state index in [9.17, 15) is 4.79 Å². The Bertz CT molecular complexity index is 234. The molecule has 0 saturated heterocycles. The van der Waals surface area contributed by atoms with E-state index in [-0.39, 0.29) is 0 Å². The first kappa shape index (κ1) is 21.7. The van der Waals surface area contributed by atoms with Gasteiger partial charge in [-0.15, -0.1) is 0 Å². The molecule has 0 amide bonds. The van der Waals surface area contributed by atoms with E-state index < -0.39 is 0 Å². The minimum atomic E-state index is 0.299. The van der Waals surface area contributed by atoms with Crippen molar-refractivity contribution in [2.75, 3.05) is 0 Å². The maximum Gasteiger partial charge on any atom is 0.135 e. The molecule has 1 heteroatoms.